The van der Waals surface area contributed by atoms with Crippen LogP contribution in [-0.4, -0.2) is 40.2 Å². The van der Waals surface area contributed by atoms with Gasteiger partial charge in [0, 0.05) is 12.6 Å². The normalized spacial score (nSPS) is 16.6. The lowest BCUT2D eigenvalue weighted by Gasteiger charge is -2.35. The average Bonchev–Trinajstić information content (AvgIpc) is 2.77. The molecule has 4 rings (SSSR count). The van der Waals surface area contributed by atoms with Crippen molar-refractivity contribution in [2.45, 2.75) is 31.8 Å². The summed E-state index contributed by atoms with van der Waals surface area (Å²) in [7, 11) is 0. The molecule has 1 saturated heterocycles. The van der Waals surface area contributed by atoms with Gasteiger partial charge < -0.3 is 9.64 Å². The van der Waals surface area contributed by atoms with Crippen LogP contribution in [0.5, 0.6) is 5.88 Å². The van der Waals surface area contributed by atoms with Crippen LogP contribution >= 0.6 is 0 Å². The molecule has 2 aromatic carbocycles. The second-order valence-corrected chi connectivity index (χ2v) is 7.43. The van der Waals surface area contributed by atoms with E-state index in [0.29, 0.717) is 12.4 Å². The van der Waals surface area contributed by atoms with Gasteiger partial charge in [-0.25, -0.2) is 0 Å². The summed E-state index contributed by atoms with van der Waals surface area (Å²) in [5.74, 6) is 0.318. The number of piperidine rings is 1. The summed E-state index contributed by atoms with van der Waals surface area (Å²) in [5.41, 5.74) is 2.87. The van der Waals surface area contributed by atoms with Crippen LogP contribution in [0.25, 0.3) is 0 Å². The number of carbonyl (C=O) groups excluding carboxylic acids is 1. The number of aromatic nitrogens is 2. The van der Waals surface area contributed by atoms with E-state index in [1.165, 1.54) is 0 Å². The minimum atomic E-state index is -0.310. The molecule has 1 unspecified atom stereocenters. The van der Waals surface area contributed by atoms with E-state index >= 15 is 0 Å². The first-order valence-electron chi connectivity index (χ1n) is 10.1. The third kappa shape index (κ3) is 4.62. The van der Waals surface area contributed by atoms with Gasteiger partial charge in [0.15, 0.2) is 0 Å². The Kier molecular flexibility index (Phi) is 5.84. The van der Waals surface area contributed by atoms with Gasteiger partial charge in [0.25, 0.3) is 0 Å². The molecule has 0 aliphatic carbocycles. The second kappa shape index (κ2) is 8.86. The third-order valence-electron chi connectivity index (χ3n) is 5.26. The highest BCUT2D eigenvalue weighted by molar-refractivity contribution is 5.87. The van der Waals surface area contributed by atoms with Crippen LogP contribution < -0.4 is 4.74 Å². The highest BCUT2D eigenvalue weighted by atomic mass is 16.5. The first-order chi connectivity index (χ1) is 14.2. The number of rotatable bonds is 5. The number of aryl methyl sites for hydroxylation is 1. The van der Waals surface area contributed by atoms with E-state index in [1.807, 2.05) is 84.6 Å². The molecule has 1 atom stereocenters. The third-order valence-corrected chi connectivity index (χ3v) is 5.26. The van der Waals surface area contributed by atoms with E-state index in [-0.39, 0.29) is 17.9 Å². The van der Waals surface area contributed by atoms with Crippen molar-refractivity contribution in [1.29, 1.82) is 0 Å². The van der Waals surface area contributed by atoms with Crippen LogP contribution in [0.3, 0.4) is 0 Å². The molecule has 1 aromatic heterocycles. The van der Waals surface area contributed by atoms with Crippen LogP contribution in [0.2, 0.25) is 0 Å². The first-order valence-corrected chi connectivity index (χ1v) is 10.1. The monoisotopic (exact) mass is 387 g/mol. The Balaban J connectivity index is 1.53. The predicted octanol–water partition coefficient (Wildman–Crippen LogP) is 3.99. The quantitative estimate of drug-likeness (QED) is 0.664. The van der Waals surface area contributed by atoms with Crippen LogP contribution in [0.4, 0.5) is 0 Å². The first kappa shape index (κ1) is 19.1. The number of hydrogen-bond acceptors (Lipinski definition) is 4. The van der Waals surface area contributed by atoms with E-state index in [9.17, 15) is 4.79 Å². The summed E-state index contributed by atoms with van der Waals surface area (Å²) in [6, 6.07) is 23.7. The molecule has 0 saturated carbocycles. The summed E-state index contributed by atoms with van der Waals surface area (Å²) in [6.07, 6.45) is 1.74. The minimum Gasteiger partial charge on any atom is -0.471 e. The Morgan fingerprint density at radius 2 is 1.62 bits per heavy atom. The molecule has 2 heterocycles. The predicted molar refractivity (Wildman–Crippen MR) is 112 cm³/mol. The van der Waals surface area contributed by atoms with Gasteiger partial charge in [-0.1, -0.05) is 60.7 Å². The smallest absolute Gasteiger partial charge is 0.234 e. The van der Waals surface area contributed by atoms with E-state index in [0.717, 1.165) is 36.2 Å². The largest absolute Gasteiger partial charge is 0.471 e. The lowest BCUT2D eigenvalue weighted by molar-refractivity contribution is -0.134. The molecule has 29 heavy (non-hydrogen) atoms. The Morgan fingerprint density at radius 3 is 2.21 bits per heavy atom. The van der Waals surface area contributed by atoms with Gasteiger partial charge in [0.2, 0.25) is 11.8 Å². The molecule has 1 amide bonds. The number of ether oxygens (including phenoxy) is 1. The molecule has 148 valence electrons. The minimum absolute atomic E-state index is 0.0723. The Morgan fingerprint density at radius 1 is 0.966 bits per heavy atom. The van der Waals surface area contributed by atoms with Gasteiger partial charge in [-0.2, -0.15) is 5.10 Å². The van der Waals surface area contributed by atoms with Gasteiger partial charge in [-0.3, -0.25) is 4.79 Å². The zero-order valence-corrected chi connectivity index (χ0v) is 16.6. The molecule has 1 aliphatic rings. The molecule has 0 radical (unpaired) electrons. The molecular weight excluding hydrogens is 362 g/mol. The molecule has 3 aromatic rings. The number of hydrogen-bond donors (Lipinski definition) is 0. The van der Waals surface area contributed by atoms with Crippen LogP contribution in [-0.2, 0) is 4.79 Å². The summed E-state index contributed by atoms with van der Waals surface area (Å²) < 4.78 is 6.01. The number of carbonyl (C=O) groups is 1. The molecule has 0 spiro atoms. The van der Waals surface area contributed by atoms with E-state index in [4.69, 9.17) is 4.74 Å². The van der Waals surface area contributed by atoms with Crippen molar-refractivity contribution in [1.82, 2.24) is 15.1 Å². The maximum atomic E-state index is 13.6. The summed E-state index contributed by atoms with van der Waals surface area (Å²) in [5, 5.41) is 8.15. The number of likely N-dealkylation sites (tertiary alicyclic amines) is 1. The average molecular weight is 387 g/mol. The Labute approximate surface area is 171 Å². The van der Waals surface area contributed by atoms with Gasteiger partial charge >= 0.3 is 0 Å². The molecular formula is C24H25N3O2. The number of amides is 1. The SMILES string of the molecule is Cc1ccc(OC2CCCN(C(=O)C(c3ccccc3)c3ccccc3)C2)nn1. The molecule has 0 N–H and O–H groups in total. The second-order valence-electron chi connectivity index (χ2n) is 7.43. The summed E-state index contributed by atoms with van der Waals surface area (Å²) in [6.45, 7) is 3.20. The lowest BCUT2D eigenvalue weighted by atomic mass is 9.89. The zero-order chi connectivity index (χ0) is 20.1. The van der Waals surface area contributed by atoms with Gasteiger partial charge in [-0.05, 0) is 37.0 Å². The van der Waals surface area contributed by atoms with Gasteiger partial charge in [0.1, 0.15) is 6.10 Å². The fraction of sp³-hybridized carbons (Fsp3) is 0.292. The Bertz CT molecular complexity index is 890. The van der Waals surface area contributed by atoms with Crippen LogP contribution in [0, 0.1) is 6.92 Å². The molecule has 0 bridgehead atoms. The van der Waals surface area contributed by atoms with Crippen LogP contribution in [0.15, 0.2) is 72.8 Å². The maximum absolute atomic E-state index is 13.6. The van der Waals surface area contributed by atoms with Crippen molar-refractivity contribution in [3.63, 3.8) is 0 Å². The van der Waals surface area contributed by atoms with Crippen molar-refractivity contribution >= 4 is 5.91 Å². The van der Waals surface area contributed by atoms with Gasteiger partial charge in [0.05, 0.1) is 18.2 Å². The highest BCUT2D eigenvalue weighted by Gasteiger charge is 2.31. The lowest BCUT2D eigenvalue weighted by Crippen LogP contribution is -2.46. The number of nitrogens with zero attached hydrogens (tertiary/aromatic N) is 3. The van der Waals surface area contributed by atoms with Crippen molar-refractivity contribution < 1.29 is 9.53 Å². The van der Waals surface area contributed by atoms with E-state index < -0.39 is 0 Å². The van der Waals surface area contributed by atoms with Crippen molar-refractivity contribution in [2.75, 3.05) is 13.1 Å². The standard InChI is InChI=1S/C24H25N3O2/c1-18-14-15-22(26-25-18)29-21-13-8-16-27(17-21)24(28)23(19-9-4-2-5-10-19)20-11-6-3-7-12-20/h2-7,9-12,14-15,21,23H,8,13,16-17H2,1H3. The van der Waals surface area contributed by atoms with Crippen molar-refractivity contribution in [3.05, 3.63) is 89.6 Å². The van der Waals surface area contributed by atoms with Gasteiger partial charge in [-0.15, -0.1) is 5.10 Å². The molecule has 5 nitrogen and oxygen atoms in total. The molecule has 1 fully saturated rings. The fourth-order valence-corrected chi connectivity index (χ4v) is 3.81. The summed E-state index contributed by atoms with van der Waals surface area (Å²) in [4.78, 5) is 15.5. The maximum Gasteiger partial charge on any atom is 0.234 e. The van der Waals surface area contributed by atoms with E-state index in [2.05, 4.69) is 10.2 Å². The Hall–Kier alpha value is -3.21. The molecule has 5 heteroatoms. The van der Waals surface area contributed by atoms with Crippen LogP contribution in [0.1, 0.15) is 35.6 Å². The highest BCUT2D eigenvalue weighted by Crippen LogP contribution is 2.28. The zero-order valence-electron chi connectivity index (χ0n) is 16.6. The topological polar surface area (TPSA) is 55.3 Å². The molecule has 1 aliphatic heterocycles. The van der Waals surface area contributed by atoms with Crippen molar-refractivity contribution in [3.8, 4) is 5.88 Å². The van der Waals surface area contributed by atoms with E-state index in [1.54, 1.807) is 0 Å². The fourth-order valence-electron chi connectivity index (χ4n) is 3.81. The number of benzene rings is 2. The summed E-state index contributed by atoms with van der Waals surface area (Å²) >= 11 is 0. The van der Waals surface area contributed by atoms with Crippen molar-refractivity contribution in [2.24, 2.45) is 0 Å².